The number of nitrogens with one attached hydrogen (secondary N) is 1. The van der Waals surface area contributed by atoms with Crippen molar-refractivity contribution < 1.29 is 18.1 Å². The van der Waals surface area contributed by atoms with Gasteiger partial charge in [0.25, 0.3) is 5.69 Å². The van der Waals surface area contributed by atoms with Crippen LogP contribution < -0.4 is 5.32 Å². The summed E-state index contributed by atoms with van der Waals surface area (Å²) in [6, 6.07) is 6.39. The topological polar surface area (TPSA) is 55.2 Å². The second-order valence-corrected chi connectivity index (χ2v) is 4.46. The quantitative estimate of drug-likeness (QED) is 0.523. The van der Waals surface area contributed by atoms with Crippen molar-refractivity contribution in [3.63, 3.8) is 0 Å². The maximum Gasteiger partial charge on any atom is 0.269 e. The maximum atomic E-state index is 13.5. The van der Waals surface area contributed by atoms with E-state index in [1.165, 1.54) is 24.3 Å². The van der Waals surface area contributed by atoms with Crippen molar-refractivity contribution in [2.24, 2.45) is 0 Å². The van der Waals surface area contributed by atoms with Gasteiger partial charge in [0.2, 0.25) is 0 Å². The van der Waals surface area contributed by atoms with Crippen LogP contribution in [0, 0.1) is 27.6 Å². The largest absolute Gasteiger partial charge is 0.376 e. The van der Waals surface area contributed by atoms with E-state index >= 15 is 0 Å². The standard InChI is InChI=1S/C14H11F3N2O2/c1-8(9-2-4-10(5-3-9)19(20)21)18-14-7-12(16)11(15)6-13(14)17/h2-8,18H,1H3. The summed E-state index contributed by atoms with van der Waals surface area (Å²) in [7, 11) is 0. The van der Waals surface area contributed by atoms with E-state index in [-0.39, 0.29) is 11.4 Å². The highest BCUT2D eigenvalue weighted by atomic mass is 19.2. The van der Waals surface area contributed by atoms with Gasteiger partial charge >= 0.3 is 0 Å². The van der Waals surface area contributed by atoms with Crippen molar-refractivity contribution in [3.05, 3.63) is 69.5 Å². The summed E-state index contributed by atoms with van der Waals surface area (Å²) in [5.74, 6) is -3.33. The molecule has 1 N–H and O–H groups in total. The molecular weight excluding hydrogens is 285 g/mol. The van der Waals surface area contributed by atoms with Crippen LogP contribution >= 0.6 is 0 Å². The number of hydrogen-bond donors (Lipinski definition) is 1. The Hall–Kier alpha value is -2.57. The predicted octanol–water partition coefficient (Wildman–Crippen LogP) is 4.19. The maximum absolute atomic E-state index is 13.5. The van der Waals surface area contributed by atoms with E-state index in [1.54, 1.807) is 6.92 Å². The molecule has 7 heteroatoms. The molecule has 1 unspecified atom stereocenters. The number of nitro groups is 1. The summed E-state index contributed by atoms with van der Waals surface area (Å²) < 4.78 is 39.4. The number of rotatable bonds is 4. The van der Waals surface area contributed by atoms with Crippen molar-refractivity contribution >= 4 is 11.4 Å². The number of nitro benzene ring substituents is 1. The first kappa shape index (κ1) is 14.8. The molecule has 2 rings (SSSR count). The van der Waals surface area contributed by atoms with Gasteiger partial charge in [-0.3, -0.25) is 10.1 Å². The van der Waals surface area contributed by atoms with Crippen molar-refractivity contribution in [3.8, 4) is 0 Å². The number of benzene rings is 2. The highest BCUT2D eigenvalue weighted by molar-refractivity contribution is 5.48. The monoisotopic (exact) mass is 296 g/mol. The van der Waals surface area contributed by atoms with Crippen molar-refractivity contribution in [1.82, 2.24) is 0 Å². The fourth-order valence-electron chi connectivity index (χ4n) is 1.83. The third kappa shape index (κ3) is 3.31. The number of nitrogens with zero attached hydrogens (tertiary/aromatic N) is 1. The minimum Gasteiger partial charge on any atom is -0.376 e. The first-order valence-corrected chi connectivity index (χ1v) is 6.04. The molecule has 1 atom stereocenters. The summed E-state index contributed by atoms with van der Waals surface area (Å²) >= 11 is 0. The van der Waals surface area contributed by atoms with E-state index in [0.717, 1.165) is 6.07 Å². The summed E-state index contributed by atoms with van der Waals surface area (Å²) in [5.41, 5.74) is 0.398. The van der Waals surface area contributed by atoms with E-state index < -0.39 is 28.4 Å². The van der Waals surface area contributed by atoms with Crippen molar-refractivity contribution in [1.29, 1.82) is 0 Å². The van der Waals surface area contributed by atoms with Crippen LogP contribution in [-0.4, -0.2) is 4.92 Å². The first-order chi connectivity index (χ1) is 9.88. The van der Waals surface area contributed by atoms with Crippen LogP contribution in [0.2, 0.25) is 0 Å². The fraction of sp³-hybridized carbons (Fsp3) is 0.143. The van der Waals surface area contributed by atoms with Gasteiger partial charge in [-0.25, -0.2) is 13.2 Å². The molecule has 0 fully saturated rings. The Labute approximate surface area is 118 Å². The molecule has 0 saturated heterocycles. The van der Waals surface area contributed by atoms with Crippen LogP contribution in [0.3, 0.4) is 0 Å². The number of anilines is 1. The fourth-order valence-corrected chi connectivity index (χ4v) is 1.83. The zero-order valence-corrected chi connectivity index (χ0v) is 10.9. The highest BCUT2D eigenvalue weighted by Gasteiger charge is 2.14. The lowest BCUT2D eigenvalue weighted by atomic mass is 10.1. The Bertz CT molecular complexity index is 675. The third-order valence-electron chi connectivity index (χ3n) is 2.99. The van der Waals surface area contributed by atoms with E-state index in [2.05, 4.69) is 5.32 Å². The lowest BCUT2D eigenvalue weighted by Crippen LogP contribution is -2.09. The summed E-state index contributed by atoms with van der Waals surface area (Å²) in [6.45, 7) is 1.67. The minimum absolute atomic E-state index is 0.0649. The molecule has 0 amide bonds. The molecule has 0 heterocycles. The summed E-state index contributed by atoms with van der Waals surface area (Å²) in [5, 5.41) is 13.2. The molecule has 0 radical (unpaired) electrons. The molecule has 0 aromatic heterocycles. The van der Waals surface area contributed by atoms with Crippen molar-refractivity contribution in [2.75, 3.05) is 5.32 Å². The van der Waals surface area contributed by atoms with Gasteiger partial charge in [0, 0.05) is 30.3 Å². The molecule has 0 aliphatic rings. The zero-order valence-electron chi connectivity index (χ0n) is 10.9. The molecule has 0 spiro atoms. The van der Waals surface area contributed by atoms with Gasteiger partial charge in [-0.15, -0.1) is 0 Å². The molecule has 4 nitrogen and oxygen atoms in total. The lowest BCUT2D eigenvalue weighted by Gasteiger charge is -2.16. The van der Waals surface area contributed by atoms with Gasteiger partial charge in [0.1, 0.15) is 5.82 Å². The van der Waals surface area contributed by atoms with Gasteiger partial charge in [0.15, 0.2) is 11.6 Å². The molecule has 2 aromatic carbocycles. The summed E-state index contributed by atoms with van der Waals surface area (Å²) in [4.78, 5) is 10.0. The number of halogens is 3. The second-order valence-electron chi connectivity index (χ2n) is 4.46. The summed E-state index contributed by atoms with van der Waals surface area (Å²) in [6.07, 6.45) is 0. The Morgan fingerprint density at radius 2 is 1.62 bits per heavy atom. The molecule has 0 saturated carbocycles. The van der Waals surface area contributed by atoms with Crippen LogP contribution in [0.1, 0.15) is 18.5 Å². The average molecular weight is 296 g/mol. The second kappa shape index (κ2) is 5.82. The van der Waals surface area contributed by atoms with E-state index in [4.69, 9.17) is 0 Å². The molecule has 0 aliphatic heterocycles. The smallest absolute Gasteiger partial charge is 0.269 e. The van der Waals surface area contributed by atoms with Crippen molar-refractivity contribution in [2.45, 2.75) is 13.0 Å². The van der Waals surface area contributed by atoms with Crippen LogP contribution in [-0.2, 0) is 0 Å². The zero-order chi connectivity index (χ0) is 15.6. The minimum atomic E-state index is -1.26. The highest BCUT2D eigenvalue weighted by Crippen LogP contribution is 2.25. The van der Waals surface area contributed by atoms with E-state index in [0.29, 0.717) is 11.6 Å². The Morgan fingerprint density at radius 3 is 2.19 bits per heavy atom. The van der Waals surface area contributed by atoms with Gasteiger partial charge in [-0.1, -0.05) is 12.1 Å². The molecule has 0 aliphatic carbocycles. The molecule has 21 heavy (non-hydrogen) atoms. The molecule has 0 bridgehead atoms. The Kier molecular flexibility index (Phi) is 4.11. The number of non-ortho nitro benzene ring substituents is 1. The van der Waals surface area contributed by atoms with Crippen LogP contribution in [0.15, 0.2) is 36.4 Å². The Morgan fingerprint density at radius 1 is 1.05 bits per heavy atom. The first-order valence-electron chi connectivity index (χ1n) is 6.04. The van der Waals surface area contributed by atoms with Gasteiger partial charge in [0.05, 0.1) is 10.6 Å². The normalized spacial score (nSPS) is 12.0. The molecule has 2 aromatic rings. The lowest BCUT2D eigenvalue weighted by molar-refractivity contribution is -0.384. The van der Waals surface area contributed by atoms with Gasteiger partial charge < -0.3 is 5.32 Å². The van der Waals surface area contributed by atoms with Gasteiger partial charge in [-0.2, -0.15) is 0 Å². The van der Waals surface area contributed by atoms with Crippen LogP contribution in [0.25, 0.3) is 0 Å². The van der Waals surface area contributed by atoms with Crippen LogP contribution in [0.4, 0.5) is 24.5 Å². The molecule has 110 valence electrons. The SMILES string of the molecule is CC(Nc1cc(F)c(F)cc1F)c1ccc([N+](=O)[O-])cc1. The van der Waals surface area contributed by atoms with Gasteiger partial charge in [-0.05, 0) is 12.5 Å². The van der Waals surface area contributed by atoms with Crippen LogP contribution in [0.5, 0.6) is 0 Å². The molecular formula is C14H11F3N2O2. The third-order valence-corrected chi connectivity index (χ3v) is 2.99. The van der Waals surface area contributed by atoms with E-state index in [1.807, 2.05) is 0 Å². The number of hydrogen-bond acceptors (Lipinski definition) is 3. The predicted molar refractivity (Wildman–Crippen MR) is 71.5 cm³/mol. The van der Waals surface area contributed by atoms with E-state index in [9.17, 15) is 23.3 Å². The average Bonchev–Trinajstić information content (AvgIpc) is 2.44. The Balaban J connectivity index is 2.19.